The molecule has 0 spiro atoms. The SMILES string of the molecule is CN=CC(=CNC)c1nccc(Oc2ccc(NC(=O)Nc3ccc(Cl)c(C(F)(F)F)c3)cc2)c1C#N. The molecule has 12 heteroatoms. The number of pyridine rings is 1. The van der Waals surface area contributed by atoms with Crippen molar-refractivity contribution in [1.29, 1.82) is 5.26 Å². The quantitative estimate of drug-likeness (QED) is 0.311. The van der Waals surface area contributed by atoms with Gasteiger partial charge < -0.3 is 20.7 Å². The van der Waals surface area contributed by atoms with Gasteiger partial charge in [0.1, 0.15) is 23.1 Å². The van der Waals surface area contributed by atoms with E-state index in [1.54, 1.807) is 44.7 Å². The third-order valence-electron chi connectivity index (χ3n) is 4.74. The van der Waals surface area contributed by atoms with E-state index in [1.807, 2.05) is 0 Å². The van der Waals surface area contributed by atoms with Gasteiger partial charge in [0.05, 0.1) is 16.3 Å². The standard InChI is InChI=1S/C25H20ClF3N6O2/c1-31-13-15(14-32-2)23-19(12-30)22(9-10-33-23)37-18-6-3-16(4-7-18)34-24(36)35-17-5-8-21(26)20(11-17)25(27,28)29/h3-11,13-14,31H,1-2H3,(H2,34,35,36). The van der Waals surface area contributed by atoms with Gasteiger partial charge in [0.25, 0.3) is 0 Å². The number of aromatic nitrogens is 1. The number of ether oxygens (including phenoxy) is 1. The summed E-state index contributed by atoms with van der Waals surface area (Å²) in [5, 5.41) is 17.0. The molecule has 8 nitrogen and oxygen atoms in total. The highest BCUT2D eigenvalue weighted by atomic mass is 35.5. The lowest BCUT2D eigenvalue weighted by Crippen LogP contribution is -2.19. The zero-order valence-electron chi connectivity index (χ0n) is 19.5. The molecule has 2 aromatic carbocycles. The van der Waals surface area contributed by atoms with Crippen LogP contribution in [-0.4, -0.2) is 31.3 Å². The molecule has 0 atom stereocenters. The van der Waals surface area contributed by atoms with Gasteiger partial charge in [0.15, 0.2) is 0 Å². The number of amides is 2. The number of aliphatic imine (C=N–C) groups is 1. The number of carbonyl (C=O) groups excluding carboxylic acids is 1. The smallest absolute Gasteiger partial charge is 0.417 e. The third-order valence-corrected chi connectivity index (χ3v) is 5.07. The molecule has 37 heavy (non-hydrogen) atoms. The van der Waals surface area contributed by atoms with E-state index in [4.69, 9.17) is 16.3 Å². The largest absolute Gasteiger partial charge is 0.456 e. The molecular weight excluding hydrogens is 509 g/mol. The van der Waals surface area contributed by atoms with Gasteiger partial charge in [-0.05, 0) is 42.5 Å². The average Bonchev–Trinajstić information content (AvgIpc) is 2.85. The van der Waals surface area contributed by atoms with Crippen molar-refractivity contribution in [2.45, 2.75) is 6.18 Å². The van der Waals surface area contributed by atoms with E-state index in [1.165, 1.54) is 24.4 Å². The Labute approximate surface area is 215 Å². The first-order chi connectivity index (χ1) is 17.7. The Hall–Kier alpha value is -4.56. The lowest BCUT2D eigenvalue weighted by molar-refractivity contribution is -0.137. The number of nitrogens with zero attached hydrogens (tertiary/aromatic N) is 3. The molecule has 3 rings (SSSR count). The monoisotopic (exact) mass is 528 g/mol. The van der Waals surface area contributed by atoms with Crippen LogP contribution in [0.4, 0.5) is 29.3 Å². The lowest BCUT2D eigenvalue weighted by Gasteiger charge is -2.13. The lowest BCUT2D eigenvalue weighted by atomic mass is 10.1. The molecule has 3 aromatic rings. The molecule has 0 aliphatic heterocycles. The Bertz CT molecular complexity index is 1380. The summed E-state index contributed by atoms with van der Waals surface area (Å²) in [4.78, 5) is 20.5. The first kappa shape index (κ1) is 27.0. The molecule has 0 bridgehead atoms. The summed E-state index contributed by atoms with van der Waals surface area (Å²) in [5.41, 5.74) is 0.383. The maximum absolute atomic E-state index is 13.0. The van der Waals surface area contributed by atoms with Crippen molar-refractivity contribution < 1.29 is 22.7 Å². The van der Waals surface area contributed by atoms with E-state index in [-0.39, 0.29) is 17.0 Å². The second-order valence-corrected chi connectivity index (χ2v) is 7.73. The number of benzene rings is 2. The van der Waals surface area contributed by atoms with E-state index in [0.717, 1.165) is 12.1 Å². The van der Waals surface area contributed by atoms with Gasteiger partial charge in [-0.25, -0.2) is 4.79 Å². The van der Waals surface area contributed by atoms with Crippen molar-refractivity contribution in [3.05, 3.63) is 82.8 Å². The van der Waals surface area contributed by atoms with Crippen LogP contribution in [0.5, 0.6) is 11.5 Å². The fourth-order valence-corrected chi connectivity index (χ4v) is 3.39. The second kappa shape index (κ2) is 11.9. The van der Waals surface area contributed by atoms with E-state index in [0.29, 0.717) is 22.7 Å². The van der Waals surface area contributed by atoms with E-state index in [2.05, 4.69) is 32.0 Å². The van der Waals surface area contributed by atoms with Gasteiger partial charge in [-0.1, -0.05) is 11.6 Å². The fourth-order valence-electron chi connectivity index (χ4n) is 3.16. The molecule has 1 aromatic heterocycles. The predicted octanol–water partition coefficient (Wildman–Crippen LogP) is 6.32. The Morgan fingerprint density at radius 3 is 2.43 bits per heavy atom. The van der Waals surface area contributed by atoms with Crippen molar-refractivity contribution in [1.82, 2.24) is 10.3 Å². The van der Waals surface area contributed by atoms with E-state index < -0.39 is 22.8 Å². The number of nitriles is 1. The molecule has 0 saturated heterocycles. The summed E-state index contributed by atoms with van der Waals surface area (Å²) in [6.07, 6.45) is 0.0541. The average molecular weight is 529 g/mol. The second-order valence-electron chi connectivity index (χ2n) is 7.32. The Morgan fingerprint density at radius 1 is 1.14 bits per heavy atom. The molecule has 0 unspecified atom stereocenters. The molecular formula is C25H20ClF3N6O2. The highest BCUT2D eigenvalue weighted by molar-refractivity contribution is 6.31. The Kier molecular flexibility index (Phi) is 8.71. The number of allylic oxidation sites excluding steroid dienone is 1. The van der Waals surface area contributed by atoms with Gasteiger partial charge in [-0.15, -0.1) is 0 Å². The van der Waals surface area contributed by atoms with Crippen molar-refractivity contribution in [3.8, 4) is 17.6 Å². The molecule has 0 aliphatic rings. The zero-order valence-corrected chi connectivity index (χ0v) is 20.3. The van der Waals surface area contributed by atoms with Crippen LogP contribution in [0.25, 0.3) is 5.57 Å². The van der Waals surface area contributed by atoms with Crippen LogP contribution < -0.4 is 20.7 Å². The molecule has 3 N–H and O–H groups in total. The summed E-state index contributed by atoms with van der Waals surface area (Å²) in [6.45, 7) is 0. The van der Waals surface area contributed by atoms with Crippen LogP contribution in [0.1, 0.15) is 16.8 Å². The summed E-state index contributed by atoms with van der Waals surface area (Å²) in [6, 6.07) is 12.1. The topological polar surface area (TPSA) is 111 Å². The summed E-state index contributed by atoms with van der Waals surface area (Å²) < 4.78 is 44.9. The Balaban J connectivity index is 1.72. The number of hydrogen-bond donors (Lipinski definition) is 3. The number of anilines is 2. The van der Waals surface area contributed by atoms with Gasteiger partial charge in [-0.3, -0.25) is 9.98 Å². The number of rotatable bonds is 7. The summed E-state index contributed by atoms with van der Waals surface area (Å²) >= 11 is 5.60. The molecule has 2 amide bonds. The highest BCUT2D eigenvalue weighted by Crippen LogP contribution is 2.36. The first-order valence-electron chi connectivity index (χ1n) is 10.6. The Morgan fingerprint density at radius 2 is 1.81 bits per heavy atom. The normalized spacial score (nSPS) is 11.6. The van der Waals surface area contributed by atoms with Crippen LogP contribution in [0, 0.1) is 11.3 Å². The van der Waals surface area contributed by atoms with Gasteiger partial charge in [0, 0.05) is 55.7 Å². The number of halogens is 4. The first-order valence-corrected chi connectivity index (χ1v) is 11.0. The van der Waals surface area contributed by atoms with Gasteiger partial charge >= 0.3 is 12.2 Å². The van der Waals surface area contributed by atoms with Crippen molar-refractivity contribution in [2.24, 2.45) is 4.99 Å². The molecule has 190 valence electrons. The molecule has 0 aliphatic carbocycles. The summed E-state index contributed by atoms with van der Waals surface area (Å²) in [5.74, 6) is 0.635. The maximum atomic E-state index is 13.0. The number of nitrogens with one attached hydrogen (secondary N) is 3. The van der Waals surface area contributed by atoms with Crippen LogP contribution >= 0.6 is 11.6 Å². The van der Waals surface area contributed by atoms with Crippen LogP contribution in [0.15, 0.2) is 65.9 Å². The highest BCUT2D eigenvalue weighted by Gasteiger charge is 2.33. The zero-order chi connectivity index (χ0) is 27.0. The maximum Gasteiger partial charge on any atom is 0.417 e. The van der Waals surface area contributed by atoms with Crippen molar-refractivity contribution in [2.75, 3.05) is 24.7 Å². The minimum Gasteiger partial charge on any atom is -0.456 e. The number of carbonyl (C=O) groups is 1. The van der Waals surface area contributed by atoms with Crippen LogP contribution in [0.3, 0.4) is 0 Å². The molecule has 0 radical (unpaired) electrons. The van der Waals surface area contributed by atoms with Gasteiger partial charge in [-0.2, -0.15) is 18.4 Å². The van der Waals surface area contributed by atoms with Gasteiger partial charge in [0.2, 0.25) is 0 Å². The molecule has 1 heterocycles. The van der Waals surface area contributed by atoms with Crippen molar-refractivity contribution >= 4 is 40.8 Å². The van der Waals surface area contributed by atoms with Crippen LogP contribution in [0.2, 0.25) is 5.02 Å². The predicted molar refractivity (Wildman–Crippen MR) is 136 cm³/mol. The minimum atomic E-state index is -4.66. The fraction of sp³-hybridized carbons (Fsp3) is 0.120. The number of hydrogen-bond acceptors (Lipinski definition) is 6. The summed E-state index contributed by atoms with van der Waals surface area (Å²) in [7, 11) is 3.31. The molecule has 0 fully saturated rings. The van der Waals surface area contributed by atoms with E-state index >= 15 is 0 Å². The molecule has 0 saturated carbocycles. The minimum absolute atomic E-state index is 0.0773. The number of alkyl halides is 3. The number of urea groups is 1. The van der Waals surface area contributed by atoms with Crippen molar-refractivity contribution in [3.63, 3.8) is 0 Å². The van der Waals surface area contributed by atoms with E-state index in [9.17, 15) is 23.2 Å². The third kappa shape index (κ3) is 6.99. The van der Waals surface area contributed by atoms with Crippen LogP contribution in [-0.2, 0) is 6.18 Å².